The number of esters is 1. The average Bonchev–Trinajstić information content (AvgIpc) is 2.20. The van der Waals surface area contributed by atoms with Gasteiger partial charge in [-0.25, -0.2) is 13.1 Å². The van der Waals surface area contributed by atoms with Gasteiger partial charge in [-0.3, -0.25) is 4.79 Å². The standard InChI is InChI=1S/C9H20N2O4S/c1-8(9(12)15-2)7-10-5-4-6-11-16(3,13)14/h8,10-11H,4-7H2,1-3H3. The van der Waals surface area contributed by atoms with E-state index in [1.807, 2.05) is 0 Å². The maximum atomic E-state index is 11.0. The van der Waals surface area contributed by atoms with E-state index in [1.165, 1.54) is 7.11 Å². The minimum absolute atomic E-state index is 0.187. The number of sulfonamides is 1. The second-order valence-corrected chi connectivity index (χ2v) is 5.48. The van der Waals surface area contributed by atoms with E-state index >= 15 is 0 Å². The molecule has 6 nitrogen and oxygen atoms in total. The van der Waals surface area contributed by atoms with Gasteiger partial charge in [0, 0.05) is 13.1 Å². The monoisotopic (exact) mass is 252 g/mol. The van der Waals surface area contributed by atoms with Crippen LogP contribution in [0.3, 0.4) is 0 Å². The van der Waals surface area contributed by atoms with Crippen LogP contribution in [0.1, 0.15) is 13.3 Å². The van der Waals surface area contributed by atoms with Crippen LogP contribution in [0.4, 0.5) is 0 Å². The van der Waals surface area contributed by atoms with Gasteiger partial charge in [-0.2, -0.15) is 0 Å². The molecule has 0 aromatic heterocycles. The van der Waals surface area contributed by atoms with Crippen molar-refractivity contribution in [2.75, 3.05) is 33.0 Å². The number of nitrogens with one attached hydrogen (secondary N) is 2. The van der Waals surface area contributed by atoms with E-state index in [0.29, 0.717) is 26.1 Å². The van der Waals surface area contributed by atoms with E-state index in [4.69, 9.17) is 0 Å². The molecule has 0 aromatic carbocycles. The molecule has 0 spiro atoms. The Morgan fingerprint density at radius 2 is 2.00 bits per heavy atom. The highest BCUT2D eigenvalue weighted by Gasteiger charge is 2.11. The van der Waals surface area contributed by atoms with Crippen LogP contribution in [-0.4, -0.2) is 47.4 Å². The van der Waals surface area contributed by atoms with Crippen LogP contribution in [0.5, 0.6) is 0 Å². The third-order valence-electron chi connectivity index (χ3n) is 1.95. The first kappa shape index (κ1) is 15.3. The molecule has 0 aliphatic carbocycles. The lowest BCUT2D eigenvalue weighted by molar-refractivity contribution is -0.144. The Hall–Kier alpha value is -0.660. The SMILES string of the molecule is COC(=O)C(C)CNCCCNS(C)(=O)=O. The molecule has 1 unspecified atom stereocenters. The predicted octanol–water partition coefficient (Wildman–Crippen LogP) is -0.676. The molecule has 0 radical (unpaired) electrons. The highest BCUT2D eigenvalue weighted by Crippen LogP contribution is 1.94. The summed E-state index contributed by atoms with van der Waals surface area (Å²) in [6.45, 7) is 3.36. The molecule has 96 valence electrons. The lowest BCUT2D eigenvalue weighted by Crippen LogP contribution is -2.30. The summed E-state index contributed by atoms with van der Waals surface area (Å²) in [5.74, 6) is -0.436. The normalized spacial score (nSPS) is 13.4. The number of ether oxygens (including phenoxy) is 1. The molecular weight excluding hydrogens is 232 g/mol. The summed E-state index contributed by atoms with van der Waals surface area (Å²) >= 11 is 0. The van der Waals surface area contributed by atoms with Gasteiger partial charge < -0.3 is 10.1 Å². The van der Waals surface area contributed by atoms with Crippen molar-refractivity contribution in [3.8, 4) is 0 Å². The maximum absolute atomic E-state index is 11.0. The lowest BCUT2D eigenvalue weighted by atomic mass is 10.2. The summed E-state index contributed by atoms with van der Waals surface area (Å²) in [6.07, 6.45) is 1.81. The zero-order valence-electron chi connectivity index (χ0n) is 9.95. The molecule has 0 amide bonds. The molecule has 7 heteroatoms. The van der Waals surface area contributed by atoms with Crippen LogP contribution in [0.2, 0.25) is 0 Å². The second-order valence-electron chi connectivity index (χ2n) is 3.65. The zero-order chi connectivity index (χ0) is 12.6. The van der Waals surface area contributed by atoms with Gasteiger partial charge in [-0.1, -0.05) is 6.92 Å². The molecule has 0 heterocycles. The summed E-state index contributed by atoms with van der Waals surface area (Å²) in [5, 5.41) is 3.05. The fraction of sp³-hybridized carbons (Fsp3) is 0.889. The molecule has 0 aliphatic rings. The lowest BCUT2D eigenvalue weighted by Gasteiger charge is -2.10. The molecule has 1 atom stereocenters. The number of rotatable bonds is 8. The van der Waals surface area contributed by atoms with Crippen LogP contribution in [0.25, 0.3) is 0 Å². The number of carbonyl (C=O) groups excluding carboxylic acids is 1. The minimum Gasteiger partial charge on any atom is -0.469 e. The van der Waals surface area contributed by atoms with Crippen molar-refractivity contribution in [2.24, 2.45) is 5.92 Å². The van der Waals surface area contributed by atoms with Crippen LogP contribution in [-0.2, 0) is 19.6 Å². The Bertz CT molecular complexity index is 303. The largest absolute Gasteiger partial charge is 0.469 e. The summed E-state index contributed by atoms with van der Waals surface area (Å²) < 4.78 is 28.4. The van der Waals surface area contributed by atoms with Gasteiger partial charge in [0.05, 0.1) is 19.3 Å². The Morgan fingerprint density at radius 1 is 1.38 bits per heavy atom. The van der Waals surface area contributed by atoms with Crippen molar-refractivity contribution in [3.63, 3.8) is 0 Å². The van der Waals surface area contributed by atoms with Gasteiger partial charge in [-0.05, 0) is 13.0 Å². The van der Waals surface area contributed by atoms with Gasteiger partial charge in [0.1, 0.15) is 0 Å². The van der Waals surface area contributed by atoms with E-state index in [-0.39, 0.29) is 11.9 Å². The molecule has 0 aromatic rings. The number of carbonyl (C=O) groups is 1. The first-order valence-electron chi connectivity index (χ1n) is 5.10. The Balaban J connectivity index is 3.44. The van der Waals surface area contributed by atoms with Crippen molar-refractivity contribution >= 4 is 16.0 Å². The highest BCUT2D eigenvalue weighted by atomic mass is 32.2. The molecule has 0 fully saturated rings. The zero-order valence-corrected chi connectivity index (χ0v) is 10.8. The van der Waals surface area contributed by atoms with E-state index < -0.39 is 10.0 Å². The average molecular weight is 252 g/mol. The molecule has 0 rings (SSSR count). The van der Waals surface area contributed by atoms with Crippen molar-refractivity contribution in [1.29, 1.82) is 0 Å². The van der Waals surface area contributed by atoms with E-state index in [2.05, 4.69) is 14.8 Å². The molecular formula is C9H20N2O4S. The summed E-state index contributed by atoms with van der Waals surface area (Å²) in [6, 6.07) is 0. The second kappa shape index (κ2) is 7.59. The quantitative estimate of drug-likeness (QED) is 0.442. The van der Waals surface area contributed by atoms with E-state index in [0.717, 1.165) is 6.26 Å². The number of methoxy groups -OCH3 is 1. The summed E-state index contributed by atoms with van der Waals surface area (Å²) in [7, 11) is -1.74. The molecule has 0 saturated heterocycles. The van der Waals surface area contributed by atoms with Crippen molar-refractivity contribution in [2.45, 2.75) is 13.3 Å². The van der Waals surface area contributed by atoms with Crippen molar-refractivity contribution in [3.05, 3.63) is 0 Å². The molecule has 0 bridgehead atoms. The van der Waals surface area contributed by atoms with Gasteiger partial charge >= 0.3 is 5.97 Å². The van der Waals surface area contributed by atoms with Crippen molar-refractivity contribution in [1.82, 2.24) is 10.0 Å². The minimum atomic E-state index is -3.10. The Morgan fingerprint density at radius 3 is 2.50 bits per heavy atom. The first-order valence-corrected chi connectivity index (χ1v) is 6.99. The topological polar surface area (TPSA) is 84.5 Å². The van der Waals surface area contributed by atoms with Crippen LogP contribution in [0, 0.1) is 5.92 Å². The summed E-state index contributed by atoms with van der Waals surface area (Å²) in [4.78, 5) is 11.0. The molecule has 16 heavy (non-hydrogen) atoms. The van der Waals surface area contributed by atoms with Gasteiger partial charge in [0.2, 0.25) is 10.0 Å². The summed E-state index contributed by atoms with van der Waals surface area (Å²) in [5.41, 5.74) is 0. The predicted molar refractivity (Wildman–Crippen MR) is 61.5 cm³/mol. The molecule has 0 aliphatic heterocycles. The van der Waals surface area contributed by atoms with Gasteiger partial charge in [0.25, 0.3) is 0 Å². The van der Waals surface area contributed by atoms with Crippen molar-refractivity contribution < 1.29 is 17.9 Å². The van der Waals surface area contributed by atoms with Gasteiger partial charge in [0.15, 0.2) is 0 Å². The molecule has 0 saturated carbocycles. The fourth-order valence-electron chi connectivity index (χ4n) is 1.07. The third kappa shape index (κ3) is 8.63. The number of hydrogen-bond acceptors (Lipinski definition) is 5. The van der Waals surface area contributed by atoms with Gasteiger partial charge in [-0.15, -0.1) is 0 Å². The molecule has 2 N–H and O–H groups in total. The Labute approximate surface area is 96.8 Å². The third-order valence-corrected chi connectivity index (χ3v) is 2.68. The number of hydrogen-bond donors (Lipinski definition) is 2. The smallest absolute Gasteiger partial charge is 0.309 e. The van der Waals surface area contributed by atoms with E-state index in [1.54, 1.807) is 6.92 Å². The maximum Gasteiger partial charge on any atom is 0.309 e. The fourth-order valence-corrected chi connectivity index (χ4v) is 1.59. The highest BCUT2D eigenvalue weighted by molar-refractivity contribution is 7.88. The van der Waals surface area contributed by atoms with Crippen LogP contribution < -0.4 is 10.0 Å². The Kier molecular flexibility index (Phi) is 7.27. The van der Waals surface area contributed by atoms with E-state index in [9.17, 15) is 13.2 Å². The first-order chi connectivity index (χ1) is 7.37. The van der Waals surface area contributed by atoms with Crippen LogP contribution in [0.15, 0.2) is 0 Å². The van der Waals surface area contributed by atoms with Crippen LogP contribution >= 0.6 is 0 Å².